The minimum Gasteiger partial charge on any atom is -0.302 e. The molecule has 14 heavy (non-hydrogen) atoms. The van der Waals surface area contributed by atoms with E-state index < -0.39 is 0 Å². The van der Waals surface area contributed by atoms with E-state index in [1.165, 1.54) is 0 Å². The van der Waals surface area contributed by atoms with E-state index in [4.69, 9.17) is 11.6 Å². The summed E-state index contributed by atoms with van der Waals surface area (Å²) in [6, 6.07) is 6.10. The van der Waals surface area contributed by atoms with Crippen molar-refractivity contribution in [1.29, 1.82) is 0 Å². The molecule has 0 spiro atoms. The Kier molecular flexibility index (Phi) is 3.53. The highest BCUT2D eigenvalue weighted by Crippen LogP contribution is 2.16. The van der Waals surface area contributed by atoms with Crippen LogP contribution in [0.4, 0.5) is 0 Å². The van der Waals surface area contributed by atoms with Crippen LogP contribution in [0, 0.1) is 13.8 Å². The molecule has 0 radical (unpaired) electrons. The summed E-state index contributed by atoms with van der Waals surface area (Å²) in [5, 5.41) is 6.43. The van der Waals surface area contributed by atoms with Crippen molar-refractivity contribution in [3.05, 3.63) is 34.9 Å². The van der Waals surface area contributed by atoms with E-state index in [-0.39, 0.29) is 0 Å². The number of hydrogen-bond acceptors (Lipinski definition) is 2. The van der Waals surface area contributed by atoms with Crippen molar-refractivity contribution in [2.75, 3.05) is 14.1 Å². The summed E-state index contributed by atoms with van der Waals surface area (Å²) in [4.78, 5) is 0. The molecule has 0 aliphatic carbocycles. The van der Waals surface area contributed by atoms with Gasteiger partial charge in [0.2, 0.25) is 0 Å². The number of hydrazone groups is 1. The molecule has 0 fully saturated rings. The summed E-state index contributed by atoms with van der Waals surface area (Å²) in [5.41, 5.74) is 3.34. The standard InChI is InChI=1S/C11H15ClN2/c1-8-6-5-7-9(2)10(8)11(12)13-14(3)4/h5-7H,1-4H3/b13-11+. The van der Waals surface area contributed by atoms with E-state index in [1.807, 2.05) is 46.1 Å². The molecule has 0 aromatic heterocycles. The fourth-order valence-corrected chi connectivity index (χ4v) is 1.81. The van der Waals surface area contributed by atoms with Gasteiger partial charge in [-0.05, 0) is 25.0 Å². The van der Waals surface area contributed by atoms with Crippen LogP contribution in [0.5, 0.6) is 0 Å². The van der Waals surface area contributed by atoms with Gasteiger partial charge in [0, 0.05) is 19.7 Å². The molecule has 0 atom stereocenters. The highest BCUT2D eigenvalue weighted by molar-refractivity contribution is 6.69. The van der Waals surface area contributed by atoms with E-state index in [2.05, 4.69) is 5.10 Å². The van der Waals surface area contributed by atoms with Crippen molar-refractivity contribution in [3.8, 4) is 0 Å². The molecular formula is C11H15ClN2. The largest absolute Gasteiger partial charge is 0.302 e. The van der Waals surface area contributed by atoms with Crippen LogP contribution in [0.15, 0.2) is 23.3 Å². The van der Waals surface area contributed by atoms with Gasteiger partial charge in [-0.25, -0.2) is 0 Å². The van der Waals surface area contributed by atoms with Crippen LogP contribution < -0.4 is 0 Å². The number of benzene rings is 1. The molecule has 0 aliphatic heterocycles. The molecular weight excluding hydrogens is 196 g/mol. The minimum atomic E-state index is 0.547. The smallest absolute Gasteiger partial charge is 0.156 e. The normalized spacial score (nSPS) is 11.6. The molecule has 0 saturated heterocycles. The average Bonchev–Trinajstić information content (AvgIpc) is 2.01. The van der Waals surface area contributed by atoms with Crippen LogP contribution in [0.25, 0.3) is 0 Å². The Labute approximate surface area is 90.2 Å². The van der Waals surface area contributed by atoms with Gasteiger partial charge >= 0.3 is 0 Å². The number of hydrogen-bond donors (Lipinski definition) is 0. The maximum atomic E-state index is 6.12. The summed E-state index contributed by atoms with van der Waals surface area (Å²) >= 11 is 6.12. The summed E-state index contributed by atoms with van der Waals surface area (Å²) in [6.07, 6.45) is 0. The zero-order valence-electron chi connectivity index (χ0n) is 9.00. The first-order chi connectivity index (χ1) is 6.52. The fraction of sp³-hybridized carbons (Fsp3) is 0.364. The minimum absolute atomic E-state index is 0.547. The number of nitrogens with zero attached hydrogens (tertiary/aromatic N) is 2. The fourth-order valence-electron chi connectivity index (χ4n) is 1.37. The predicted molar refractivity (Wildman–Crippen MR) is 62.0 cm³/mol. The lowest BCUT2D eigenvalue weighted by Crippen LogP contribution is -2.08. The second-order valence-corrected chi connectivity index (χ2v) is 3.86. The molecule has 1 rings (SSSR count). The third-order valence-electron chi connectivity index (χ3n) is 1.98. The number of halogens is 1. The number of rotatable bonds is 2. The summed E-state index contributed by atoms with van der Waals surface area (Å²) in [5.74, 6) is 0. The molecule has 0 heterocycles. The second-order valence-electron chi connectivity index (χ2n) is 3.50. The Morgan fingerprint density at radius 1 is 1.21 bits per heavy atom. The summed E-state index contributed by atoms with van der Waals surface area (Å²) in [7, 11) is 3.71. The van der Waals surface area contributed by atoms with Gasteiger partial charge in [-0.2, -0.15) is 5.10 Å². The molecule has 0 amide bonds. The van der Waals surface area contributed by atoms with Gasteiger partial charge < -0.3 is 5.01 Å². The maximum Gasteiger partial charge on any atom is 0.156 e. The monoisotopic (exact) mass is 210 g/mol. The van der Waals surface area contributed by atoms with E-state index in [9.17, 15) is 0 Å². The van der Waals surface area contributed by atoms with Gasteiger partial charge in [-0.1, -0.05) is 29.8 Å². The lowest BCUT2D eigenvalue weighted by atomic mass is 10.0. The third kappa shape index (κ3) is 2.48. The van der Waals surface area contributed by atoms with Gasteiger partial charge in [0.15, 0.2) is 5.17 Å². The van der Waals surface area contributed by atoms with Gasteiger partial charge in [0.1, 0.15) is 0 Å². The van der Waals surface area contributed by atoms with Crippen molar-refractivity contribution < 1.29 is 0 Å². The quantitative estimate of drug-likeness (QED) is 0.542. The second kappa shape index (κ2) is 4.47. The van der Waals surface area contributed by atoms with Gasteiger partial charge in [-0.15, -0.1) is 0 Å². The summed E-state index contributed by atoms with van der Waals surface area (Å²) in [6.45, 7) is 4.08. The van der Waals surface area contributed by atoms with Crippen LogP contribution in [0.3, 0.4) is 0 Å². The average molecular weight is 211 g/mol. The Balaban J connectivity index is 3.18. The van der Waals surface area contributed by atoms with Crippen molar-refractivity contribution in [2.45, 2.75) is 13.8 Å². The zero-order chi connectivity index (χ0) is 10.7. The predicted octanol–water partition coefficient (Wildman–Crippen LogP) is 2.77. The van der Waals surface area contributed by atoms with E-state index in [0.717, 1.165) is 16.7 Å². The molecule has 0 unspecified atom stereocenters. The highest BCUT2D eigenvalue weighted by atomic mass is 35.5. The molecule has 0 N–H and O–H groups in total. The Morgan fingerprint density at radius 2 is 1.71 bits per heavy atom. The molecule has 76 valence electrons. The molecule has 0 bridgehead atoms. The topological polar surface area (TPSA) is 15.6 Å². The van der Waals surface area contributed by atoms with E-state index in [1.54, 1.807) is 5.01 Å². The van der Waals surface area contributed by atoms with E-state index >= 15 is 0 Å². The molecule has 1 aromatic carbocycles. The molecule has 1 aromatic rings. The van der Waals surface area contributed by atoms with Gasteiger partial charge in [0.25, 0.3) is 0 Å². The maximum absolute atomic E-state index is 6.12. The third-order valence-corrected chi connectivity index (χ3v) is 2.24. The molecule has 2 nitrogen and oxygen atoms in total. The van der Waals surface area contributed by atoms with Gasteiger partial charge in [-0.3, -0.25) is 0 Å². The van der Waals surface area contributed by atoms with Crippen molar-refractivity contribution in [3.63, 3.8) is 0 Å². The summed E-state index contributed by atoms with van der Waals surface area (Å²) < 4.78 is 0. The van der Waals surface area contributed by atoms with E-state index in [0.29, 0.717) is 5.17 Å². The lowest BCUT2D eigenvalue weighted by Gasteiger charge is -2.10. The lowest BCUT2D eigenvalue weighted by molar-refractivity contribution is 0.439. The molecule has 0 aliphatic rings. The first-order valence-electron chi connectivity index (χ1n) is 4.50. The Bertz CT molecular complexity index is 336. The van der Waals surface area contributed by atoms with Crippen LogP contribution in [0.2, 0.25) is 0 Å². The highest BCUT2D eigenvalue weighted by Gasteiger charge is 2.07. The van der Waals surface area contributed by atoms with Crippen LogP contribution in [-0.4, -0.2) is 24.3 Å². The Hall–Kier alpha value is -1.02. The van der Waals surface area contributed by atoms with Gasteiger partial charge in [0.05, 0.1) is 0 Å². The van der Waals surface area contributed by atoms with Crippen molar-refractivity contribution in [2.24, 2.45) is 5.10 Å². The molecule has 0 saturated carbocycles. The zero-order valence-corrected chi connectivity index (χ0v) is 9.76. The number of aryl methyl sites for hydroxylation is 2. The van der Waals surface area contributed by atoms with Crippen LogP contribution in [-0.2, 0) is 0 Å². The van der Waals surface area contributed by atoms with Crippen molar-refractivity contribution >= 4 is 16.8 Å². The first-order valence-corrected chi connectivity index (χ1v) is 4.88. The molecule has 3 heteroatoms. The van der Waals surface area contributed by atoms with Crippen LogP contribution >= 0.6 is 11.6 Å². The van der Waals surface area contributed by atoms with Crippen LogP contribution in [0.1, 0.15) is 16.7 Å². The SMILES string of the molecule is Cc1cccc(C)c1/C(Cl)=N\N(C)C. The Morgan fingerprint density at radius 3 is 2.14 bits per heavy atom. The first kappa shape index (κ1) is 11.1. The van der Waals surface area contributed by atoms with Crippen molar-refractivity contribution in [1.82, 2.24) is 5.01 Å².